The number of methoxy groups -OCH3 is 2. The summed E-state index contributed by atoms with van der Waals surface area (Å²) in [4.78, 5) is 24.0. The van der Waals surface area contributed by atoms with Crippen LogP contribution in [0.15, 0.2) is 22.8 Å². The van der Waals surface area contributed by atoms with Crippen molar-refractivity contribution in [2.45, 2.75) is 19.8 Å². The maximum absolute atomic E-state index is 12.0. The first kappa shape index (κ1) is 12.5. The summed E-state index contributed by atoms with van der Waals surface area (Å²) in [7, 11) is 2.73. The first-order valence-corrected chi connectivity index (χ1v) is 6.67. The van der Waals surface area contributed by atoms with E-state index in [-0.39, 0.29) is 23.8 Å². The average Bonchev–Trinajstić information content (AvgIpc) is 3.07. The summed E-state index contributed by atoms with van der Waals surface area (Å²) in [5.74, 6) is 0.433. The van der Waals surface area contributed by atoms with E-state index in [1.165, 1.54) is 19.8 Å². The van der Waals surface area contributed by atoms with Gasteiger partial charge in [0.1, 0.15) is 0 Å². The molecule has 4 nitrogen and oxygen atoms in total. The van der Waals surface area contributed by atoms with Crippen molar-refractivity contribution in [3.8, 4) is 0 Å². The average molecular weight is 262 g/mol. The molecule has 0 heterocycles. The molecule has 0 saturated heterocycles. The molecule has 102 valence electrons. The number of hydrogen-bond acceptors (Lipinski definition) is 4. The molecule has 3 rings (SSSR count). The highest BCUT2D eigenvalue weighted by Gasteiger charge is 2.57. The molecule has 0 aromatic rings. The Labute approximate surface area is 112 Å². The molecule has 0 aromatic carbocycles. The fourth-order valence-corrected chi connectivity index (χ4v) is 4.34. The Balaban J connectivity index is 2.07. The smallest absolute Gasteiger partial charge is 0.334 e. The lowest BCUT2D eigenvalue weighted by atomic mass is 9.75. The summed E-state index contributed by atoms with van der Waals surface area (Å²) in [5, 5.41) is 0. The fraction of sp³-hybridized carbons (Fsp3) is 0.600. The first-order valence-electron chi connectivity index (χ1n) is 6.67. The number of fused-ring (bicyclic) bond motifs is 5. The Morgan fingerprint density at radius 1 is 1.11 bits per heavy atom. The lowest BCUT2D eigenvalue weighted by Crippen LogP contribution is -2.29. The van der Waals surface area contributed by atoms with Crippen LogP contribution >= 0.6 is 0 Å². The topological polar surface area (TPSA) is 52.6 Å². The SMILES string of the molecule is COC(=O)C1=C(C(=O)OC)C2CC1C1CC=C(C)C21. The molecule has 1 fully saturated rings. The largest absolute Gasteiger partial charge is 0.466 e. The third kappa shape index (κ3) is 1.52. The molecule has 3 aliphatic carbocycles. The number of rotatable bonds is 2. The van der Waals surface area contributed by atoms with E-state index >= 15 is 0 Å². The van der Waals surface area contributed by atoms with Gasteiger partial charge in [-0.15, -0.1) is 0 Å². The van der Waals surface area contributed by atoms with Gasteiger partial charge in [0.2, 0.25) is 0 Å². The van der Waals surface area contributed by atoms with E-state index in [2.05, 4.69) is 13.0 Å². The lowest BCUT2D eigenvalue weighted by Gasteiger charge is -2.28. The highest BCUT2D eigenvalue weighted by molar-refractivity contribution is 6.02. The van der Waals surface area contributed by atoms with Gasteiger partial charge >= 0.3 is 11.9 Å². The van der Waals surface area contributed by atoms with E-state index in [1.54, 1.807) is 0 Å². The minimum atomic E-state index is -0.369. The fourth-order valence-electron chi connectivity index (χ4n) is 4.34. The molecule has 0 aromatic heterocycles. The zero-order valence-electron chi connectivity index (χ0n) is 11.4. The van der Waals surface area contributed by atoms with Gasteiger partial charge in [-0.1, -0.05) is 11.6 Å². The Hall–Kier alpha value is -1.58. The highest BCUT2D eigenvalue weighted by atomic mass is 16.5. The molecule has 0 aliphatic heterocycles. The summed E-state index contributed by atoms with van der Waals surface area (Å²) in [6.45, 7) is 2.12. The van der Waals surface area contributed by atoms with Crippen molar-refractivity contribution in [1.29, 1.82) is 0 Å². The number of esters is 2. The number of hydrogen-bond donors (Lipinski definition) is 0. The van der Waals surface area contributed by atoms with Crippen molar-refractivity contribution in [3.63, 3.8) is 0 Å². The predicted molar refractivity (Wildman–Crippen MR) is 68.0 cm³/mol. The third-order valence-corrected chi connectivity index (χ3v) is 5.00. The minimum absolute atomic E-state index is 0.135. The number of ether oxygens (including phenoxy) is 2. The monoisotopic (exact) mass is 262 g/mol. The summed E-state index contributed by atoms with van der Waals surface area (Å²) in [5.41, 5.74) is 2.49. The van der Waals surface area contributed by atoms with E-state index in [4.69, 9.17) is 9.47 Å². The van der Waals surface area contributed by atoms with Crippen LogP contribution in [0.25, 0.3) is 0 Å². The molecule has 0 radical (unpaired) electrons. The van der Waals surface area contributed by atoms with Crippen molar-refractivity contribution in [1.82, 2.24) is 0 Å². The molecule has 3 aliphatic rings. The van der Waals surface area contributed by atoms with Gasteiger partial charge in [0.25, 0.3) is 0 Å². The van der Waals surface area contributed by atoms with Gasteiger partial charge in [0.15, 0.2) is 0 Å². The van der Waals surface area contributed by atoms with Crippen LogP contribution in [0.4, 0.5) is 0 Å². The van der Waals surface area contributed by atoms with E-state index in [0.29, 0.717) is 23.0 Å². The molecule has 0 spiro atoms. The summed E-state index contributed by atoms with van der Waals surface area (Å²) < 4.78 is 9.74. The van der Waals surface area contributed by atoms with E-state index < -0.39 is 0 Å². The summed E-state index contributed by atoms with van der Waals surface area (Å²) in [6.07, 6.45) is 4.13. The summed E-state index contributed by atoms with van der Waals surface area (Å²) in [6, 6.07) is 0. The van der Waals surface area contributed by atoms with Crippen LogP contribution in [0.3, 0.4) is 0 Å². The van der Waals surface area contributed by atoms with Crippen molar-refractivity contribution < 1.29 is 19.1 Å². The lowest BCUT2D eigenvalue weighted by molar-refractivity contribution is -0.140. The van der Waals surface area contributed by atoms with Gasteiger partial charge in [-0.25, -0.2) is 9.59 Å². The Bertz CT molecular complexity index is 514. The van der Waals surface area contributed by atoms with Gasteiger partial charge in [0.05, 0.1) is 25.4 Å². The van der Waals surface area contributed by atoms with Crippen LogP contribution in [-0.4, -0.2) is 26.2 Å². The van der Waals surface area contributed by atoms with E-state index in [1.807, 2.05) is 0 Å². The van der Waals surface area contributed by atoms with Crippen LogP contribution in [0.5, 0.6) is 0 Å². The van der Waals surface area contributed by atoms with E-state index in [9.17, 15) is 9.59 Å². The molecule has 4 atom stereocenters. The molecular weight excluding hydrogens is 244 g/mol. The Morgan fingerprint density at radius 3 is 2.26 bits per heavy atom. The zero-order valence-corrected chi connectivity index (χ0v) is 11.4. The molecule has 2 bridgehead atoms. The molecule has 4 unspecified atom stereocenters. The van der Waals surface area contributed by atoms with Gasteiger partial charge in [-0.3, -0.25) is 0 Å². The van der Waals surface area contributed by atoms with Crippen LogP contribution in [0.1, 0.15) is 19.8 Å². The van der Waals surface area contributed by atoms with Gasteiger partial charge in [-0.05, 0) is 43.4 Å². The van der Waals surface area contributed by atoms with Gasteiger partial charge in [0, 0.05) is 0 Å². The van der Waals surface area contributed by atoms with Crippen LogP contribution in [0, 0.1) is 23.7 Å². The van der Waals surface area contributed by atoms with Gasteiger partial charge < -0.3 is 9.47 Å². The number of carbonyl (C=O) groups is 2. The van der Waals surface area contributed by atoms with Crippen molar-refractivity contribution >= 4 is 11.9 Å². The molecule has 0 N–H and O–H groups in total. The van der Waals surface area contributed by atoms with Crippen LogP contribution in [-0.2, 0) is 19.1 Å². The molecule has 19 heavy (non-hydrogen) atoms. The van der Waals surface area contributed by atoms with Crippen molar-refractivity contribution in [2.75, 3.05) is 14.2 Å². The minimum Gasteiger partial charge on any atom is -0.466 e. The van der Waals surface area contributed by atoms with Crippen molar-refractivity contribution in [3.05, 3.63) is 22.8 Å². The highest BCUT2D eigenvalue weighted by Crippen LogP contribution is 2.61. The van der Waals surface area contributed by atoms with Crippen LogP contribution in [0.2, 0.25) is 0 Å². The maximum Gasteiger partial charge on any atom is 0.334 e. The predicted octanol–water partition coefficient (Wildman–Crippen LogP) is 1.86. The molecular formula is C15H18O4. The Morgan fingerprint density at radius 2 is 1.68 bits per heavy atom. The zero-order chi connectivity index (χ0) is 13.7. The maximum atomic E-state index is 12.0. The second-order valence-corrected chi connectivity index (χ2v) is 5.63. The second kappa shape index (κ2) is 4.22. The second-order valence-electron chi connectivity index (χ2n) is 5.63. The summed E-state index contributed by atoms with van der Waals surface area (Å²) >= 11 is 0. The van der Waals surface area contributed by atoms with E-state index in [0.717, 1.165) is 12.8 Å². The standard InChI is InChI=1S/C15H18O4/c1-7-4-5-8-9-6-10(11(7)8)13(15(17)19-3)12(9)14(16)18-2/h4,8-11H,5-6H2,1-3H3. The molecule has 4 heteroatoms. The van der Waals surface area contributed by atoms with Crippen molar-refractivity contribution in [2.24, 2.45) is 23.7 Å². The molecule has 1 saturated carbocycles. The normalized spacial score (nSPS) is 35.2. The quantitative estimate of drug-likeness (QED) is 0.563. The van der Waals surface area contributed by atoms with Crippen LogP contribution < -0.4 is 0 Å². The number of allylic oxidation sites excluding steroid dienone is 2. The molecule has 0 amide bonds. The van der Waals surface area contributed by atoms with Gasteiger partial charge in [-0.2, -0.15) is 0 Å². The third-order valence-electron chi connectivity index (χ3n) is 5.00. The first-order chi connectivity index (χ1) is 9.10. The Kier molecular flexibility index (Phi) is 2.77. The number of carbonyl (C=O) groups excluding carboxylic acids is 2.